The minimum atomic E-state index is -0.648. The molecule has 0 atom stereocenters. The van der Waals surface area contributed by atoms with Crippen LogP contribution in [0.2, 0.25) is 0 Å². The van der Waals surface area contributed by atoms with Crippen LogP contribution in [-0.2, 0) is 18.3 Å². The van der Waals surface area contributed by atoms with Crippen molar-refractivity contribution in [3.8, 4) is 6.07 Å². The molecule has 0 amide bonds. The molecule has 0 saturated carbocycles. The lowest BCUT2D eigenvalue weighted by atomic mass is 9.94. The van der Waals surface area contributed by atoms with Crippen molar-refractivity contribution in [2.24, 2.45) is 7.05 Å². The summed E-state index contributed by atoms with van der Waals surface area (Å²) in [6.07, 6.45) is 3.29. The van der Waals surface area contributed by atoms with Crippen molar-refractivity contribution in [3.05, 3.63) is 23.5 Å². The summed E-state index contributed by atoms with van der Waals surface area (Å²) in [5, 5.41) is 22.4. The summed E-state index contributed by atoms with van der Waals surface area (Å²) in [5.41, 5.74) is 1.06. The van der Waals surface area contributed by atoms with Gasteiger partial charge in [0.2, 0.25) is 0 Å². The standard InChI is InChI=1S/C13H19N3O2/c1-16-9-11(6-12(16)7-14)8-15-10-13(17)2-4-18-5-3-13/h6,9,15,17H,2-5,8,10H2,1H3. The number of nitrogens with zero attached hydrogens (tertiary/aromatic N) is 2. The first kappa shape index (κ1) is 13.1. The molecule has 5 heteroatoms. The van der Waals surface area contributed by atoms with Crippen molar-refractivity contribution in [2.75, 3.05) is 19.8 Å². The number of rotatable bonds is 4. The normalized spacial score (nSPS) is 18.5. The van der Waals surface area contributed by atoms with Crippen LogP contribution in [0.3, 0.4) is 0 Å². The van der Waals surface area contributed by atoms with Gasteiger partial charge in [-0.05, 0) is 11.6 Å². The molecule has 0 bridgehead atoms. The van der Waals surface area contributed by atoms with Crippen LogP contribution in [0.25, 0.3) is 0 Å². The molecule has 1 aromatic rings. The van der Waals surface area contributed by atoms with Gasteiger partial charge in [-0.1, -0.05) is 0 Å². The topological polar surface area (TPSA) is 70.2 Å². The van der Waals surface area contributed by atoms with Crippen molar-refractivity contribution < 1.29 is 9.84 Å². The van der Waals surface area contributed by atoms with E-state index in [2.05, 4.69) is 11.4 Å². The van der Waals surface area contributed by atoms with Crippen molar-refractivity contribution in [2.45, 2.75) is 25.0 Å². The third-order valence-electron chi connectivity index (χ3n) is 3.38. The van der Waals surface area contributed by atoms with Gasteiger partial charge >= 0.3 is 0 Å². The van der Waals surface area contributed by atoms with Gasteiger partial charge in [-0.25, -0.2) is 0 Å². The molecule has 2 N–H and O–H groups in total. The van der Waals surface area contributed by atoms with Crippen LogP contribution in [0.15, 0.2) is 12.3 Å². The first-order valence-electron chi connectivity index (χ1n) is 6.19. The molecule has 18 heavy (non-hydrogen) atoms. The number of nitrogens with one attached hydrogen (secondary N) is 1. The maximum atomic E-state index is 10.3. The summed E-state index contributed by atoms with van der Waals surface area (Å²) < 4.78 is 7.04. The molecular formula is C13H19N3O2. The van der Waals surface area contributed by atoms with Crippen LogP contribution in [0.4, 0.5) is 0 Å². The van der Waals surface area contributed by atoms with Gasteiger partial charge in [0.1, 0.15) is 11.8 Å². The summed E-state index contributed by atoms with van der Waals surface area (Å²) in [6, 6.07) is 3.99. The van der Waals surface area contributed by atoms with Gasteiger partial charge in [-0.3, -0.25) is 0 Å². The number of ether oxygens (including phenoxy) is 1. The lowest BCUT2D eigenvalue weighted by Gasteiger charge is -2.32. The van der Waals surface area contributed by atoms with E-state index < -0.39 is 5.60 Å². The van der Waals surface area contributed by atoms with Crippen molar-refractivity contribution in [1.29, 1.82) is 5.26 Å². The van der Waals surface area contributed by atoms with E-state index in [0.717, 1.165) is 5.56 Å². The smallest absolute Gasteiger partial charge is 0.120 e. The van der Waals surface area contributed by atoms with Crippen LogP contribution in [0.1, 0.15) is 24.1 Å². The number of aliphatic hydroxyl groups is 1. The molecule has 1 fully saturated rings. The fourth-order valence-corrected chi connectivity index (χ4v) is 2.21. The maximum absolute atomic E-state index is 10.3. The Kier molecular flexibility index (Phi) is 4.02. The third kappa shape index (κ3) is 3.10. The van der Waals surface area contributed by atoms with Crippen LogP contribution in [0, 0.1) is 11.3 Å². The minimum absolute atomic E-state index is 0.563. The molecule has 0 aliphatic carbocycles. The number of hydrogen-bond donors (Lipinski definition) is 2. The van der Waals surface area contributed by atoms with E-state index >= 15 is 0 Å². The number of nitriles is 1. The molecule has 0 unspecified atom stereocenters. The van der Waals surface area contributed by atoms with Crippen LogP contribution in [-0.4, -0.2) is 35.0 Å². The van der Waals surface area contributed by atoms with Crippen LogP contribution in [0.5, 0.6) is 0 Å². The predicted octanol–water partition coefficient (Wildman–Crippen LogP) is 0.528. The molecule has 5 nitrogen and oxygen atoms in total. The molecular weight excluding hydrogens is 230 g/mol. The highest BCUT2D eigenvalue weighted by molar-refractivity contribution is 5.28. The highest BCUT2D eigenvalue weighted by atomic mass is 16.5. The third-order valence-corrected chi connectivity index (χ3v) is 3.38. The predicted molar refractivity (Wildman–Crippen MR) is 66.8 cm³/mol. The van der Waals surface area contributed by atoms with E-state index in [-0.39, 0.29) is 0 Å². The van der Waals surface area contributed by atoms with Gasteiger partial charge in [0.15, 0.2) is 0 Å². The van der Waals surface area contributed by atoms with E-state index in [9.17, 15) is 5.11 Å². The summed E-state index contributed by atoms with van der Waals surface area (Å²) in [7, 11) is 1.86. The van der Waals surface area contributed by atoms with Gasteiger partial charge in [-0.2, -0.15) is 5.26 Å². The lowest BCUT2D eigenvalue weighted by Crippen LogP contribution is -2.44. The zero-order chi connectivity index (χ0) is 13.0. The van der Waals surface area contributed by atoms with E-state index in [1.807, 2.05) is 19.3 Å². The van der Waals surface area contributed by atoms with Gasteiger partial charge in [0, 0.05) is 52.4 Å². The van der Waals surface area contributed by atoms with Crippen molar-refractivity contribution in [1.82, 2.24) is 9.88 Å². The molecule has 2 rings (SSSR count). The molecule has 0 spiro atoms. The Morgan fingerprint density at radius 2 is 2.28 bits per heavy atom. The molecule has 0 aromatic carbocycles. The Labute approximate surface area is 107 Å². The van der Waals surface area contributed by atoms with E-state index in [0.29, 0.717) is 44.8 Å². The highest BCUT2D eigenvalue weighted by Gasteiger charge is 2.29. The van der Waals surface area contributed by atoms with Crippen molar-refractivity contribution >= 4 is 0 Å². The largest absolute Gasteiger partial charge is 0.388 e. The fraction of sp³-hybridized carbons (Fsp3) is 0.615. The maximum Gasteiger partial charge on any atom is 0.120 e. The zero-order valence-electron chi connectivity index (χ0n) is 10.6. The SMILES string of the molecule is Cn1cc(CNCC2(O)CCOCC2)cc1C#N. The zero-order valence-corrected chi connectivity index (χ0v) is 10.6. The van der Waals surface area contributed by atoms with E-state index in [4.69, 9.17) is 10.00 Å². The van der Waals surface area contributed by atoms with Gasteiger partial charge in [-0.15, -0.1) is 0 Å². The van der Waals surface area contributed by atoms with E-state index in [1.54, 1.807) is 4.57 Å². The Bertz CT molecular complexity index is 442. The fourth-order valence-electron chi connectivity index (χ4n) is 2.21. The van der Waals surface area contributed by atoms with E-state index in [1.165, 1.54) is 0 Å². The Balaban J connectivity index is 1.82. The summed E-state index contributed by atoms with van der Waals surface area (Å²) >= 11 is 0. The second kappa shape index (κ2) is 5.53. The first-order valence-corrected chi connectivity index (χ1v) is 6.19. The van der Waals surface area contributed by atoms with Crippen LogP contribution >= 0.6 is 0 Å². The second-order valence-corrected chi connectivity index (χ2v) is 4.90. The number of aryl methyl sites for hydroxylation is 1. The monoisotopic (exact) mass is 249 g/mol. The number of aromatic nitrogens is 1. The average molecular weight is 249 g/mol. The minimum Gasteiger partial charge on any atom is -0.388 e. The second-order valence-electron chi connectivity index (χ2n) is 4.90. The van der Waals surface area contributed by atoms with Gasteiger partial charge in [0.05, 0.1) is 5.60 Å². The Morgan fingerprint density at radius 3 is 2.89 bits per heavy atom. The molecule has 1 aliphatic heterocycles. The van der Waals surface area contributed by atoms with Gasteiger partial charge in [0.25, 0.3) is 0 Å². The molecule has 1 saturated heterocycles. The summed E-state index contributed by atoms with van der Waals surface area (Å²) in [6.45, 7) is 2.48. The Morgan fingerprint density at radius 1 is 1.56 bits per heavy atom. The van der Waals surface area contributed by atoms with Crippen molar-refractivity contribution in [3.63, 3.8) is 0 Å². The highest BCUT2D eigenvalue weighted by Crippen LogP contribution is 2.19. The summed E-state index contributed by atoms with van der Waals surface area (Å²) in [5.74, 6) is 0. The summed E-state index contributed by atoms with van der Waals surface area (Å²) in [4.78, 5) is 0. The molecule has 1 aromatic heterocycles. The van der Waals surface area contributed by atoms with Crippen LogP contribution < -0.4 is 5.32 Å². The molecule has 1 aliphatic rings. The quantitative estimate of drug-likeness (QED) is 0.816. The lowest BCUT2D eigenvalue weighted by molar-refractivity contribution is -0.0617. The average Bonchev–Trinajstić information content (AvgIpc) is 2.70. The molecule has 2 heterocycles. The molecule has 0 radical (unpaired) electrons. The Hall–Kier alpha value is -1.35. The number of hydrogen-bond acceptors (Lipinski definition) is 4. The molecule has 98 valence electrons. The van der Waals surface area contributed by atoms with Gasteiger partial charge < -0.3 is 19.7 Å². The first-order chi connectivity index (χ1) is 8.63.